The normalized spacial score (nSPS) is 10.0. The third kappa shape index (κ3) is 4.33. The Kier molecular flexibility index (Phi) is 4.72. The van der Waals surface area contributed by atoms with E-state index < -0.39 is 0 Å². The first-order valence-electron chi connectivity index (χ1n) is 7.53. The van der Waals surface area contributed by atoms with Crippen LogP contribution in [0.25, 0.3) is 0 Å². The number of hydrogen-bond donors (Lipinski definition) is 2. The van der Waals surface area contributed by atoms with Gasteiger partial charge in [-0.25, -0.2) is 4.98 Å². The molecule has 1 heterocycles. The van der Waals surface area contributed by atoms with Crippen LogP contribution in [0.2, 0.25) is 0 Å². The highest BCUT2D eigenvalue weighted by Crippen LogP contribution is 2.24. The van der Waals surface area contributed by atoms with E-state index in [4.69, 9.17) is 4.74 Å². The molecule has 0 spiro atoms. The monoisotopic (exact) mass is 319 g/mol. The lowest BCUT2D eigenvalue weighted by Crippen LogP contribution is -2.06. The van der Waals surface area contributed by atoms with Crippen LogP contribution in [-0.4, -0.2) is 10.9 Å². The van der Waals surface area contributed by atoms with Crippen molar-refractivity contribution in [3.8, 4) is 11.5 Å². The quantitative estimate of drug-likeness (QED) is 0.723. The molecule has 1 amide bonds. The van der Waals surface area contributed by atoms with Gasteiger partial charge in [-0.05, 0) is 48.5 Å². The number of ether oxygens (including phenoxy) is 1. The molecular formula is C19H17N3O2. The van der Waals surface area contributed by atoms with Crippen LogP contribution in [0.1, 0.15) is 6.92 Å². The van der Waals surface area contributed by atoms with Crippen molar-refractivity contribution in [2.45, 2.75) is 6.92 Å². The minimum atomic E-state index is -0.119. The van der Waals surface area contributed by atoms with Gasteiger partial charge in [-0.3, -0.25) is 4.79 Å². The Bertz CT molecular complexity index is 800. The van der Waals surface area contributed by atoms with Crippen LogP contribution in [0, 0.1) is 0 Å². The van der Waals surface area contributed by atoms with E-state index in [1.54, 1.807) is 18.3 Å². The van der Waals surface area contributed by atoms with Gasteiger partial charge < -0.3 is 15.4 Å². The molecule has 0 fully saturated rings. The molecule has 0 aliphatic carbocycles. The van der Waals surface area contributed by atoms with Crippen LogP contribution in [0.15, 0.2) is 72.9 Å². The summed E-state index contributed by atoms with van der Waals surface area (Å²) in [4.78, 5) is 15.2. The lowest BCUT2D eigenvalue weighted by Gasteiger charge is -2.09. The van der Waals surface area contributed by atoms with E-state index in [2.05, 4.69) is 15.6 Å². The molecule has 0 aliphatic heterocycles. The average Bonchev–Trinajstić information content (AvgIpc) is 2.59. The number of rotatable bonds is 5. The molecule has 0 unspecified atom stereocenters. The molecule has 120 valence electrons. The highest BCUT2D eigenvalue weighted by Gasteiger charge is 2.00. The van der Waals surface area contributed by atoms with Crippen LogP contribution in [0.4, 0.5) is 17.2 Å². The maximum absolute atomic E-state index is 11.0. The topological polar surface area (TPSA) is 63.2 Å². The molecule has 3 aromatic rings. The molecule has 24 heavy (non-hydrogen) atoms. The summed E-state index contributed by atoms with van der Waals surface area (Å²) in [5.74, 6) is 2.14. The van der Waals surface area contributed by atoms with E-state index in [0.29, 0.717) is 11.5 Å². The Balaban J connectivity index is 1.62. The molecule has 5 heteroatoms. The van der Waals surface area contributed by atoms with Crippen LogP contribution in [0.3, 0.4) is 0 Å². The maximum atomic E-state index is 11.0. The molecule has 2 N–H and O–H groups in total. The maximum Gasteiger partial charge on any atom is 0.221 e. The summed E-state index contributed by atoms with van der Waals surface area (Å²) >= 11 is 0. The predicted octanol–water partition coefficient (Wildman–Crippen LogP) is 4.58. The van der Waals surface area contributed by atoms with Gasteiger partial charge in [0.25, 0.3) is 0 Å². The van der Waals surface area contributed by atoms with Gasteiger partial charge >= 0.3 is 0 Å². The minimum Gasteiger partial charge on any atom is -0.457 e. The fourth-order valence-electron chi connectivity index (χ4n) is 2.12. The first-order valence-corrected chi connectivity index (χ1v) is 7.53. The number of anilines is 3. The van der Waals surface area contributed by atoms with Crippen molar-refractivity contribution in [3.05, 3.63) is 72.9 Å². The number of nitrogens with zero attached hydrogens (tertiary/aromatic N) is 1. The van der Waals surface area contributed by atoms with Crippen molar-refractivity contribution < 1.29 is 9.53 Å². The first kappa shape index (κ1) is 15.6. The van der Waals surface area contributed by atoms with Gasteiger partial charge in [-0.15, -0.1) is 0 Å². The number of carbonyl (C=O) groups excluding carboxylic acids is 1. The second kappa shape index (κ2) is 7.28. The minimum absolute atomic E-state index is 0.119. The van der Waals surface area contributed by atoms with Crippen molar-refractivity contribution in [2.24, 2.45) is 0 Å². The summed E-state index contributed by atoms with van der Waals surface area (Å²) in [5, 5.41) is 5.88. The molecular weight excluding hydrogens is 302 g/mol. The smallest absolute Gasteiger partial charge is 0.221 e. The Morgan fingerprint density at radius 3 is 2.17 bits per heavy atom. The highest BCUT2D eigenvalue weighted by molar-refractivity contribution is 5.88. The lowest BCUT2D eigenvalue weighted by molar-refractivity contribution is -0.114. The van der Waals surface area contributed by atoms with E-state index in [1.165, 1.54) is 6.92 Å². The number of amides is 1. The molecule has 0 saturated heterocycles. The van der Waals surface area contributed by atoms with Gasteiger partial charge in [0.2, 0.25) is 5.91 Å². The number of aromatic nitrogens is 1. The van der Waals surface area contributed by atoms with Crippen LogP contribution in [0.5, 0.6) is 11.5 Å². The van der Waals surface area contributed by atoms with Crippen molar-refractivity contribution >= 4 is 23.1 Å². The summed E-state index contributed by atoms with van der Waals surface area (Å²) in [6, 6.07) is 20.8. The van der Waals surface area contributed by atoms with Crippen LogP contribution < -0.4 is 15.4 Å². The van der Waals surface area contributed by atoms with E-state index in [1.807, 2.05) is 54.6 Å². The Morgan fingerprint density at radius 1 is 0.875 bits per heavy atom. The standard InChI is InChI=1S/C19H17N3O2/c1-14(23)21-16-9-12-19(20-13-16)22-15-7-10-18(11-8-15)24-17-5-3-2-4-6-17/h2-13H,1H3,(H,20,22)(H,21,23). The summed E-state index contributed by atoms with van der Waals surface area (Å²) in [7, 11) is 0. The number of benzene rings is 2. The van der Waals surface area contributed by atoms with E-state index in [-0.39, 0.29) is 5.91 Å². The molecule has 2 aromatic carbocycles. The Morgan fingerprint density at radius 2 is 1.54 bits per heavy atom. The highest BCUT2D eigenvalue weighted by atomic mass is 16.5. The molecule has 0 atom stereocenters. The van der Waals surface area contributed by atoms with Crippen molar-refractivity contribution in [1.82, 2.24) is 4.98 Å². The average molecular weight is 319 g/mol. The number of nitrogens with one attached hydrogen (secondary N) is 2. The third-order valence-corrected chi connectivity index (χ3v) is 3.19. The fraction of sp³-hybridized carbons (Fsp3) is 0.0526. The van der Waals surface area contributed by atoms with Crippen molar-refractivity contribution in [2.75, 3.05) is 10.6 Å². The number of pyridine rings is 1. The molecule has 5 nitrogen and oxygen atoms in total. The summed E-state index contributed by atoms with van der Waals surface area (Å²) in [6.45, 7) is 1.46. The largest absolute Gasteiger partial charge is 0.457 e. The first-order chi connectivity index (χ1) is 11.7. The SMILES string of the molecule is CC(=O)Nc1ccc(Nc2ccc(Oc3ccccc3)cc2)nc1. The Hall–Kier alpha value is -3.34. The second-order valence-electron chi connectivity index (χ2n) is 5.18. The van der Waals surface area contributed by atoms with Gasteiger partial charge in [0.15, 0.2) is 0 Å². The molecule has 1 aromatic heterocycles. The van der Waals surface area contributed by atoms with Crippen molar-refractivity contribution in [3.63, 3.8) is 0 Å². The van der Waals surface area contributed by atoms with E-state index in [0.717, 1.165) is 17.2 Å². The van der Waals surface area contributed by atoms with E-state index in [9.17, 15) is 4.79 Å². The fourth-order valence-corrected chi connectivity index (χ4v) is 2.12. The van der Waals surface area contributed by atoms with Gasteiger partial charge in [-0.2, -0.15) is 0 Å². The third-order valence-electron chi connectivity index (χ3n) is 3.19. The molecule has 0 bridgehead atoms. The molecule has 0 aliphatic rings. The predicted molar refractivity (Wildman–Crippen MR) is 94.8 cm³/mol. The Labute approximate surface area is 140 Å². The van der Waals surface area contributed by atoms with Crippen molar-refractivity contribution in [1.29, 1.82) is 0 Å². The number of carbonyl (C=O) groups is 1. The zero-order chi connectivity index (χ0) is 16.8. The van der Waals surface area contributed by atoms with Gasteiger partial charge in [-0.1, -0.05) is 18.2 Å². The molecule has 0 saturated carbocycles. The van der Waals surface area contributed by atoms with Gasteiger partial charge in [0.05, 0.1) is 11.9 Å². The van der Waals surface area contributed by atoms with Gasteiger partial charge in [0, 0.05) is 12.6 Å². The summed E-state index contributed by atoms with van der Waals surface area (Å²) in [6.07, 6.45) is 1.61. The van der Waals surface area contributed by atoms with Crippen LogP contribution >= 0.6 is 0 Å². The number of para-hydroxylation sites is 1. The van der Waals surface area contributed by atoms with E-state index >= 15 is 0 Å². The molecule has 0 radical (unpaired) electrons. The second-order valence-corrected chi connectivity index (χ2v) is 5.18. The zero-order valence-corrected chi connectivity index (χ0v) is 13.2. The zero-order valence-electron chi connectivity index (χ0n) is 13.2. The lowest BCUT2D eigenvalue weighted by atomic mass is 10.3. The van der Waals surface area contributed by atoms with Gasteiger partial charge in [0.1, 0.15) is 17.3 Å². The number of hydrogen-bond acceptors (Lipinski definition) is 4. The summed E-state index contributed by atoms with van der Waals surface area (Å²) < 4.78 is 5.75. The molecule has 3 rings (SSSR count). The van der Waals surface area contributed by atoms with Crippen LogP contribution in [-0.2, 0) is 4.79 Å². The summed E-state index contributed by atoms with van der Waals surface area (Å²) in [5.41, 5.74) is 1.56.